The van der Waals surface area contributed by atoms with Gasteiger partial charge in [-0.3, -0.25) is 4.79 Å². The molecule has 0 amide bonds. The molecule has 0 radical (unpaired) electrons. The van der Waals surface area contributed by atoms with Crippen LogP contribution < -0.4 is 15.4 Å². The van der Waals surface area contributed by atoms with Crippen LogP contribution in [0.4, 0.5) is 11.9 Å². The molecule has 0 aliphatic rings. The van der Waals surface area contributed by atoms with E-state index in [2.05, 4.69) is 15.0 Å². The Balaban J connectivity index is 1.80. The number of aromatic nitrogens is 3. The molecule has 0 aliphatic heterocycles. The van der Waals surface area contributed by atoms with Crippen LogP contribution >= 0.6 is 0 Å². The van der Waals surface area contributed by atoms with E-state index in [4.69, 9.17) is 15.2 Å². The summed E-state index contributed by atoms with van der Waals surface area (Å²) in [6.07, 6.45) is 0.134. The highest BCUT2D eigenvalue weighted by molar-refractivity contribution is 5.69. The predicted octanol–water partition coefficient (Wildman–Crippen LogP) is 1.34. The molecule has 1 aromatic heterocycles. The highest BCUT2D eigenvalue weighted by atomic mass is 16.5. The Morgan fingerprint density at radius 1 is 1.21 bits per heavy atom. The minimum absolute atomic E-state index is 0.0588. The van der Waals surface area contributed by atoms with Crippen molar-refractivity contribution in [1.82, 2.24) is 15.0 Å². The number of aryl methyl sites for hydroxylation is 1. The summed E-state index contributed by atoms with van der Waals surface area (Å²) in [4.78, 5) is 25.6. The fourth-order valence-corrected chi connectivity index (χ4v) is 1.87. The molecule has 0 atom stereocenters. The Kier molecular flexibility index (Phi) is 5.89. The SMILES string of the molecule is Cc1ccccc1OCCC(=O)OCc1nc(N)nc(N(C)C)n1. The van der Waals surface area contributed by atoms with Crippen molar-refractivity contribution in [2.24, 2.45) is 0 Å². The predicted molar refractivity (Wildman–Crippen MR) is 89.7 cm³/mol. The van der Waals surface area contributed by atoms with Gasteiger partial charge in [0.1, 0.15) is 5.75 Å². The van der Waals surface area contributed by atoms with Gasteiger partial charge < -0.3 is 20.1 Å². The van der Waals surface area contributed by atoms with Gasteiger partial charge in [0.15, 0.2) is 12.4 Å². The molecule has 128 valence electrons. The third-order valence-corrected chi connectivity index (χ3v) is 3.11. The van der Waals surface area contributed by atoms with Crippen LogP contribution in [0.25, 0.3) is 0 Å². The van der Waals surface area contributed by atoms with E-state index < -0.39 is 5.97 Å². The number of esters is 1. The van der Waals surface area contributed by atoms with Gasteiger partial charge >= 0.3 is 5.97 Å². The Morgan fingerprint density at radius 3 is 2.67 bits per heavy atom. The second kappa shape index (κ2) is 8.09. The topological polar surface area (TPSA) is 103 Å². The third kappa shape index (κ3) is 5.08. The fourth-order valence-electron chi connectivity index (χ4n) is 1.87. The average molecular weight is 331 g/mol. The number of ether oxygens (including phenoxy) is 2. The monoisotopic (exact) mass is 331 g/mol. The van der Waals surface area contributed by atoms with Crippen LogP contribution in [0.3, 0.4) is 0 Å². The van der Waals surface area contributed by atoms with E-state index in [9.17, 15) is 4.79 Å². The number of hydrogen-bond acceptors (Lipinski definition) is 8. The van der Waals surface area contributed by atoms with Crippen molar-refractivity contribution in [2.75, 3.05) is 31.3 Å². The Morgan fingerprint density at radius 2 is 1.96 bits per heavy atom. The van der Waals surface area contributed by atoms with E-state index >= 15 is 0 Å². The number of carbonyl (C=O) groups excluding carboxylic acids is 1. The molecule has 0 unspecified atom stereocenters. The highest BCUT2D eigenvalue weighted by Gasteiger charge is 2.10. The zero-order chi connectivity index (χ0) is 17.5. The number of carbonyl (C=O) groups is 1. The molecule has 1 heterocycles. The first kappa shape index (κ1) is 17.5. The van der Waals surface area contributed by atoms with Crippen LogP contribution in [-0.4, -0.2) is 41.6 Å². The molecule has 2 aromatic rings. The molecule has 8 nitrogen and oxygen atoms in total. The normalized spacial score (nSPS) is 10.3. The standard InChI is InChI=1S/C16H21N5O3/c1-11-6-4-5-7-12(11)23-9-8-14(22)24-10-13-18-15(17)20-16(19-13)21(2)3/h4-7H,8-10H2,1-3H3,(H2,17,18,19,20). The van der Waals surface area contributed by atoms with Gasteiger partial charge in [-0.05, 0) is 18.6 Å². The van der Waals surface area contributed by atoms with Crippen molar-refractivity contribution in [3.05, 3.63) is 35.7 Å². The first-order valence-electron chi connectivity index (χ1n) is 7.47. The molecule has 0 aliphatic carbocycles. The zero-order valence-electron chi connectivity index (χ0n) is 14.0. The molecular weight excluding hydrogens is 310 g/mol. The first-order chi connectivity index (χ1) is 11.5. The maximum Gasteiger partial charge on any atom is 0.309 e. The number of anilines is 2. The largest absolute Gasteiger partial charge is 0.493 e. The van der Waals surface area contributed by atoms with Crippen molar-refractivity contribution >= 4 is 17.9 Å². The molecule has 8 heteroatoms. The lowest BCUT2D eigenvalue weighted by molar-refractivity contribution is -0.145. The smallest absolute Gasteiger partial charge is 0.309 e. The quantitative estimate of drug-likeness (QED) is 0.758. The number of nitrogens with zero attached hydrogens (tertiary/aromatic N) is 4. The summed E-state index contributed by atoms with van der Waals surface area (Å²) in [6, 6.07) is 7.62. The minimum atomic E-state index is -0.394. The van der Waals surface area contributed by atoms with E-state index in [1.54, 1.807) is 19.0 Å². The van der Waals surface area contributed by atoms with Gasteiger partial charge in [-0.2, -0.15) is 15.0 Å². The van der Waals surface area contributed by atoms with E-state index in [0.717, 1.165) is 11.3 Å². The number of nitrogen functional groups attached to an aromatic ring is 1. The van der Waals surface area contributed by atoms with Gasteiger partial charge in [0.05, 0.1) is 13.0 Å². The first-order valence-corrected chi connectivity index (χ1v) is 7.47. The van der Waals surface area contributed by atoms with Crippen LogP contribution in [0.2, 0.25) is 0 Å². The second-order valence-electron chi connectivity index (χ2n) is 5.33. The number of nitrogens with two attached hydrogens (primary N) is 1. The van der Waals surface area contributed by atoms with E-state index in [1.165, 1.54) is 0 Å². The lowest BCUT2D eigenvalue weighted by Gasteiger charge is -2.11. The van der Waals surface area contributed by atoms with Crippen molar-refractivity contribution < 1.29 is 14.3 Å². The number of benzene rings is 1. The van der Waals surface area contributed by atoms with Crippen molar-refractivity contribution in [1.29, 1.82) is 0 Å². The van der Waals surface area contributed by atoms with Gasteiger partial charge in [0.25, 0.3) is 0 Å². The van der Waals surface area contributed by atoms with Gasteiger partial charge in [-0.15, -0.1) is 0 Å². The Bertz CT molecular complexity index is 706. The summed E-state index contributed by atoms with van der Waals surface area (Å²) in [6.45, 7) is 2.13. The zero-order valence-corrected chi connectivity index (χ0v) is 14.0. The lowest BCUT2D eigenvalue weighted by Crippen LogP contribution is -2.17. The van der Waals surface area contributed by atoms with Crippen molar-refractivity contribution in [3.8, 4) is 5.75 Å². The molecule has 24 heavy (non-hydrogen) atoms. The molecular formula is C16H21N5O3. The molecule has 0 spiro atoms. The summed E-state index contributed by atoms with van der Waals surface area (Å²) < 4.78 is 10.7. The number of para-hydroxylation sites is 1. The van der Waals surface area contributed by atoms with Gasteiger partial charge in [-0.1, -0.05) is 18.2 Å². The average Bonchev–Trinajstić information content (AvgIpc) is 2.54. The van der Waals surface area contributed by atoms with E-state index in [0.29, 0.717) is 11.8 Å². The van der Waals surface area contributed by atoms with E-state index in [-0.39, 0.29) is 25.6 Å². The van der Waals surface area contributed by atoms with Crippen LogP contribution in [0, 0.1) is 6.92 Å². The summed E-state index contributed by atoms with van der Waals surface area (Å²) in [5.74, 6) is 1.17. The molecule has 1 aromatic carbocycles. The fraction of sp³-hybridized carbons (Fsp3) is 0.375. The van der Waals surface area contributed by atoms with E-state index in [1.807, 2.05) is 31.2 Å². The Hall–Kier alpha value is -2.90. The molecule has 0 saturated carbocycles. The maximum absolute atomic E-state index is 11.8. The summed E-state index contributed by atoms with van der Waals surface area (Å²) >= 11 is 0. The van der Waals surface area contributed by atoms with Crippen LogP contribution in [0.5, 0.6) is 5.75 Å². The summed E-state index contributed by atoms with van der Waals surface area (Å²) in [5, 5.41) is 0. The molecule has 2 N–H and O–H groups in total. The molecule has 2 rings (SSSR count). The molecule has 0 fully saturated rings. The summed E-state index contributed by atoms with van der Waals surface area (Å²) in [5.41, 5.74) is 6.63. The van der Waals surface area contributed by atoms with Crippen molar-refractivity contribution in [2.45, 2.75) is 20.0 Å². The minimum Gasteiger partial charge on any atom is -0.493 e. The molecule has 0 bridgehead atoms. The maximum atomic E-state index is 11.8. The third-order valence-electron chi connectivity index (χ3n) is 3.11. The van der Waals surface area contributed by atoms with Crippen LogP contribution in [-0.2, 0) is 16.1 Å². The summed E-state index contributed by atoms with van der Waals surface area (Å²) in [7, 11) is 3.57. The number of hydrogen-bond donors (Lipinski definition) is 1. The second-order valence-corrected chi connectivity index (χ2v) is 5.33. The highest BCUT2D eigenvalue weighted by Crippen LogP contribution is 2.16. The van der Waals surface area contributed by atoms with Crippen molar-refractivity contribution in [3.63, 3.8) is 0 Å². The Labute approximate surface area is 140 Å². The van der Waals surface area contributed by atoms with Gasteiger partial charge in [-0.25, -0.2) is 0 Å². The lowest BCUT2D eigenvalue weighted by atomic mass is 10.2. The van der Waals surface area contributed by atoms with Gasteiger partial charge in [0, 0.05) is 14.1 Å². The van der Waals surface area contributed by atoms with Gasteiger partial charge in [0.2, 0.25) is 11.9 Å². The number of rotatable bonds is 7. The van der Waals surface area contributed by atoms with Crippen LogP contribution in [0.1, 0.15) is 17.8 Å². The van der Waals surface area contributed by atoms with Crippen LogP contribution in [0.15, 0.2) is 24.3 Å². The molecule has 0 saturated heterocycles.